The van der Waals surface area contributed by atoms with Gasteiger partial charge in [0.05, 0.1) is 18.6 Å². The first-order chi connectivity index (χ1) is 13.0. The number of hydrogen-bond acceptors (Lipinski definition) is 5. The van der Waals surface area contributed by atoms with Crippen LogP contribution in [-0.2, 0) is 10.0 Å². The first-order valence-electron chi connectivity index (χ1n) is 8.65. The van der Waals surface area contributed by atoms with Crippen LogP contribution in [0.25, 0.3) is 0 Å². The molecule has 144 valence electrons. The van der Waals surface area contributed by atoms with E-state index in [0.29, 0.717) is 18.9 Å². The highest BCUT2D eigenvalue weighted by Gasteiger charge is 2.28. The Balaban J connectivity index is 1.51. The Kier molecular flexibility index (Phi) is 5.98. The van der Waals surface area contributed by atoms with E-state index in [9.17, 15) is 13.2 Å². The Labute approximate surface area is 158 Å². The van der Waals surface area contributed by atoms with E-state index < -0.39 is 10.0 Å². The van der Waals surface area contributed by atoms with Gasteiger partial charge in [0.25, 0.3) is 5.91 Å². The molecule has 0 bridgehead atoms. The molecule has 1 aliphatic rings. The van der Waals surface area contributed by atoms with Crippen LogP contribution >= 0.6 is 0 Å². The first-order valence-corrected chi connectivity index (χ1v) is 10.1. The summed E-state index contributed by atoms with van der Waals surface area (Å²) in [6, 6.07) is 13.1. The summed E-state index contributed by atoms with van der Waals surface area (Å²) >= 11 is 0. The van der Waals surface area contributed by atoms with Gasteiger partial charge in [0.2, 0.25) is 10.0 Å². The molecule has 1 amide bonds. The van der Waals surface area contributed by atoms with Crippen molar-refractivity contribution in [1.29, 1.82) is 0 Å². The molecule has 0 aliphatic heterocycles. The highest BCUT2D eigenvalue weighted by atomic mass is 32.2. The largest absolute Gasteiger partial charge is 0.497 e. The van der Waals surface area contributed by atoms with E-state index in [1.165, 1.54) is 12.1 Å². The fourth-order valence-corrected chi connectivity index (χ4v) is 3.75. The third-order valence-electron chi connectivity index (χ3n) is 4.02. The molecule has 0 saturated heterocycles. The molecule has 0 heterocycles. The number of carbonyl (C=O) groups excluding carboxylic acids is 1. The summed E-state index contributed by atoms with van der Waals surface area (Å²) in [5, 5.41) is 2.72. The van der Waals surface area contributed by atoms with E-state index >= 15 is 0 Å². The predicted molar refractivity (Wildman–Crippen MR) is 101 cm³/mol. The third kappa shape index (κ3) is 5.45. The number of carbonyl (C=O) groups is 1. The summed E-state index contributed by atoms with van der Waals surface area (Å²) < 4.78 is 37.7. The molecule has 2 aromatic rings. The zero-order valence-corrected chi connectivity index (χ0v) is 15.8. The maximum atomic E-state index is 12.3. The van der Waals surface area contributed by atoms with Crippen LogP contribution in [0.4, 0.5) is 0 Å². The minimum Gasteiger partial charge on any atom is -0.497 e. The van der Waals surface area contributed by atoms with Crippen molar-refractivity contribution in [2.75, 3.05) is 20.3 Å². The number of rotatable bonds is 9. The SMILES string of the molecule is COc1ccc(OCCNC(=O)c2cccc(S(=O)(=O)NC3CC3)c2)cc1. The summed E-state index contributed by atoms with van der Waals surface area (Å²) in [5.74, 6) is 1.06. The molecular formula is C19H22N2O5S. The lowest BCUT2D eigenvalue weighted by Gasteiger charge is -2.10. The monoisotopic (exact) mass is 390 g/mol. The number of sulfonamides is 1. The Morgan fingerprint density at radius 2 is 1.81 bits per heavy atom. The molecule has 8 heteroatoms. The van der Waals surface area contributed by atoms with Crippen LogP contribution in [0.1, 0.15) is 23.2 Å². The average Bonchev–Trinajstić information content (AvgIpc) is 3.49. The van der Waals surface area contributed by atoms with E-state index in [2.05, 4.69) is 10.0 Å². The molecule has 0 spiro atoms. The van der Waals surface area contributed by atoms with Crippen molar-refractivity contribution in [3.05, 3.63) is 54.1 Å². The molecule has 1 fully saturated rings. The number of amides is 1. The van der Waals surface area contributed by atoms with Crippen molar-refractivity contribution >= 4 is 15.9 Å². The number of methoxy groups -OCH3 is 1. The lowest BCUT2D eigenvalue weighted by Crippen LogP contribution is -2.29. The van der Waals surface area contributed by atoms with Crippen molar-refractivity contribution in [3.8, 4) is 11.5 Å². The second kappa shape index (κ2) is 8.41. The van der Waals surface area contributed by atoms with Crippen molar-refractivity contribution in [3.63, 3.8) is 0 Å². The standard InChI is InChI=1S/C19H22N2O5S/c1-25-16-7-9-17(10-8-16)26-12-11-20-19(22)14-3-2-4-18(13-14)27(23,24)21-15-5-6-15/h2-4,7-10,13,15,21H,5-6,11-12H2,1H3,(H,20,22). The van der Waals surface area contributed by atoms with Gasteiger partial charge >= 0.3 is 0 Å². The summed E-state index contributed by atoms with van der Waals surface area (Å²) in [7, 11) is -1.99. The summed E-state index contributed by atoms with van der Waals surface area (Å²) in [6.45, 7) is 0.585. The van der Waals surface area contributed by atoms with Crippen LogP contribution in [0.5, 0.6) is 11.5 Å². The molecule has 0 radical (unpaired) electrons. The molecule has 2 N–H and O–H groups in total. The molecule has 7 nitrogen and oxygen atoms in total. The second-order valence-electron chi connectivity index (χ2n) is 6.20. The molecule has 1 saturated carbocycles. The van der Waals surface area contributed by atoms with E-state index in [1.54, 1.807) is 43.5 Å². The van der Waals surface area contributed by atoms with Crippen molar-refractivity contribution in [1.82, 2.24) is 10.0 Å². The minimum absolute atomic E-state index is 0.0163. The highest BCUT2D eigenvalue weighted by molar-refractivity contribution is 7.89. The van der Waals surface area contributed by atoms with Crippen LogP contribution in [0.3, 0.4) is 0 Å². The normalized spacial score (nSPS) is 13.8. The predicted octanol–water partition coefficient (Wildman–Crippen LogP) is 1.94. The van der Waals surface area contributed by atoms with E-state index in [-0.39, 0.29) is 22.4 Å². The van der Waals surface area contributed by atoms with Gasteiger partial charge in [-0.25, -0.2) is 13.1 Å². The molecule has 27 heavy (non-hydrogen) atoms. The van der Waals surface area contributed by atoms with Gasteiger partial charge in [-0.05, 0) is 55.3 Å². The van der Waals surface area contributed by atoms with Gasteiger partial charge in [0, 0.05) is 11.6 Å². The minimum atomic E-state index is -3.58. The van der Waals surface area contributed by atoms with E-state index in [1.807, 2.05) is 0 Å². The molecule has 0 atom stereocenters. The zero-order valence-electron chi connectivity index (χ0n) is 15.0. The quantitative estimate of drug-likeness (QED) is 0.638. The average molecular weight is 390 g/mol. The van der Waals surface area contributed by atoms with E-state index in [4.69, 9.17) is 9.47 Å². The van der Waals surface area contributed by atoms with Gasteiger partial charge in [0.1, 0.15) is 18.1 Å². The number of hydrogen-bond donors (Lipinski definition) is 2. The smallest absolute Gasteiger partial charge is 0.251 e. The van der Waals surface area contributed by atoms with Gasteiger partial charge in [-0.15, -0.1) is 0 Å². The zero-order chi connectivity index (χ0) is 19.3. The Bertz CT molecular complexity index is 893. The van der Waals surface area contributed by atoms with Crippen molar-refractivity contribution in [2.24, 2.45) is 0 Å². The Morgan fingerprint density at radius 1 is 1.11 bits per heavy atom. The van der Waals surface area contributed by atoms with Crippen LogP contribution in [-0.4, -0.2) is 40.6 Å². The summed E-state index contributed by atoms with van der Waals surface area (Å²) in [4.78, 5) is 12.3. The molecule has 1 aliphatic carbocycles. The topological polar surface area (TPSA) is 93.7 Å². The number of nitrogens with one attached hydrogen (secondary N) is 2. The van der Waals surface area contributed by atoms with Gasteiger partial charge in [-0.3, -0.25) is 4.79 Å². The molecule has 3 rings (SSSR count). The number of ether oxygens (including phenoxy) is 2. The summed E-state index contributed by atoms with van der Waals surface area (Å²) in [6.07, 6.45) is 1.71. The van der Waals surface area contributed by atoms with Crippen LogP contribution in [0, 0.1) is 0 Å². The number of benzene rings is 2. The fraction of sp³-hybridized carbons (Fsp3) is 0.316. The van der Waals surface area contributed by atoms with Gasteiger partial charge < -0.3 is 14.8 Å². The van der Waals surface area contributed by atoms with Crippen LogP contribution in [0.15, 0.2) is 53.4 Å². The maximum Gasteiger partial charge on any atom is 0.251 e. The van der Waals surface area contributed by atoms with Crippen molar-refractivity contribution in [2.45, 2.75) is 23.8 Å². The first kappa shape index (κ1) is 19.2. The Hall–Kier alpha value is -2.58. The molecule has 0 unspecified atom stereocenters. The highest BCUT2D eigenvalue weighted by Crippen LogP contribution is 2.22. The van der Waals surface area contributed by atoms with Crippen LogP contribution in [0.2, 0.25) is 0 Å². The van der Waals surface area contributed by atoms with Crippen molar-refractivity contribution < 1.29 is 22.7 Å². The fourth-order valence-electron chi connectivity index (χ4n) is 2.40. The lowest BCUT2D eigenvalue weighted by molar-refractivity contribution is 0.0947. The van der Waals surface area contributed by atoms with E-state index in [0.717, 1.165) is 18.6 Å². The van der Waals surface area contributed by atoms with Gasteiger partial charge in [-0.2, -0.15) is 0 Å². The van der Waals surface area contributed by atoms with Crippen LogP contribution < -0.4 is 19.5 Å². The third-order valence-corrected chi connectivity index (χ3v) is 5.54. The second-order valence-corrected chi connectivity index (χ2v) is 7.92. The molecular weight excluding hydrogens is 368 g/mol. The molecule has 2 aromatic carbocycles. The Morgan fingerprint density at radius 3 is 2.48 bits per heavy atom. The lowest BCUT2D eigenvalue weighted by atomic mass is 10.2. The summed E-state index contributed by atoms with van der Waals surface area (Å²) in [5.41, 5.74) is 0.290. The van der Waals surface area contributed by atoms with Gasteiger partial charge in [-0.1, -0.05) is 6.07 Å². The van der Waals surface area contributed by atoms with Gasteiger partial charge in [0.15, 0.2) is 0 Å². The molecule has 0 aromatic heterocycles. The maximum absolute atomic E-state index is 12.3.